The van der Waals surface area contributed by atoms with Crippen molar-refractivity contribution in [3.63, 3.8) is 0 Å². The molecule has 1 N–H and O–H groups in total. The van der Waals surface area contributed by atoms with Crippen molar-refractivity contribution in [2.24, 2.45) is 0 Å². The predicted molar refractivity (Wildman–Crippen MR) is 80.5 cm³/mol. The van der Waals surface area contributed by atoms with Crippen LogP contribution in [0.4, 0.5) is 4.39 Å². The third-order valence-corrected chi connectivity index (χ3v) is 3.89. The molecule has 102 valence electrons. The Morgan fingerprint density at radius 3 is 2.71 bits per heavy atom. The summed E-state index contributed by atoms with van der Waals surface area (Å²) in [6.45, 7) is 0. The third-order valence-electron chi connectivity index (χ3n) is 3.23. The molecule has 0 amide bonds. The van der Waals surface area contributed by atoms with Crippen molar-refractivity contribution in [1.82, 2.24) is 4.98 Å². The number of aromatic amines is 1. The highest BCUT2D eigenvalue weighted by Crippen LogP contribution is 2.26. The summed E-state index contributed by atoms with van der Waals surface area (Å²) in [6.07, 6.45) is 1.60. The number of carbonyl (C=O) groups is 1. The molecule has 0 aliphatic rings. The number of hydrogen-bond donors (Lipinski definition) is 1. The van der Waals surface area contributed by atoms with Crippen molar-refractivity contribution >= 4 is 32.6 Å². The summed E-state index contributed by atoms with van der Waals surface area (Å²) < 4.78 is 13.5. The third kappa shape index (κ3) is 2.34. The van der Waals surface area contributed by atoms with E-state index in [1.165, 1.54) is 18.2 Å². The molecule has 21 heavy (non-hydrogen) atoms. The number of fused-ring (bicyclic) bond motifs is 1. The maximum absolute atomic E-state index is 13.1. The largest absolute Gasteiger partial charge is 0.360 e. The summed E-state index contributed by atoms with van der Waals surface area (Å²) >= 11 is 3.20. The first-order chi connectivity index (χ1) is 10.1. The Labute approximate surface area is 128 Å². The van der Waals surface area contributed by atoms with E-state index >= 15 is 0 Å². The lowest BCUT2D eigenvalue weighted by molar-refractivity contribution is 0.103. The van der Waals surface area contributed by atoms with Crippen molar-refractivity contribution < 1.29 is 9.18 Å². The number of benzene rings is 2. The molecule has 0 aliphatic carbocycles. The van der Waals surface area contributed by atoms with Crippen LogP contribution in [-0.2, 0) is 0 Å². The highest BCUT2D eigenvalue weighted by Gasteiger charge is 2.17. The molecule has 3 nitrogen and oxygen atoms in total. The molecule has 0 bridgehead atoms. The molecule has 0 radical (unpaired) electrons. The summed E-state index contributed by atoms with van der Waals surface area (Å²) in [7, 11) is 0. The van der Waals surface area contributed by atoms with Gasteiger partial charge in [-0.15, -0.1) is 0 Å². The number of nitriles is 1. The zero-order chi connectivity index (χ0) is 15.0. The number of aromatic nitrogens is 1. The van der Waals surface area contributed by atoms with Crippen LogP contribution < -0.4 is 0 Å². The first-order valence-corrected chi connectivity index (χ1v) is 6.90. The molecule has 5 heteroatoms. The van der Waals surface area contributed by atoms with E-state index in [0.29, 0.717) is 26.5 Å². The van der Waals surface area contributed by atoms with Crippen molar-refractivity contribution in [1.29, 1.82) is 5.26 Å². The molecule has 0 unspecified atom stereocenters. The van der Waals surface area contributed by atoms with Crippen LogP contribution in [0.5, 0.6) is 0 Å². The molecule has 3 aromatic rings. The fourth-order valence-electron chi connectivity index (χ4n) is 2.20. The second-order valence-electron chi connectivity index (χ2n) is 4.53. The second-order valence-corrected chi connectivity index (χ2v) is 5.38. The summed E-state index contributed by atoms with van der Waals surface area (Å²) in [5, 5.41) is 9.64. The van der Waals surface area contributed by atoms with Gasteiger partial charge in [0.25, 0.3) is 0 Å². The zero-order valence-corrected chi connectivity index (χ0v) is 12.2. The number of rotatable bonds is 2. The first kappa shape index (κ1) is 13.5. The molecular formula is C16H8BrFN2O. The lowest BCUT2D eigenvalue weighted by Gasteiger charge is -2.03. The van der Waals surface area contributed by atoms with Gasteiger partial charge >= 0.3 is 0 Å². The van der Waals surface area contributed by atoms with Crippen molar-refractivity contribution in [2.75, 3.05) is 0 Å². The summed E-state index contributed by atoms with van der Waals surface area (Å²) in [5.74, 6) is -0.646. The maximum atomic E-state index is 13.1. The van der Waals surface area contributed by atoms with E-state index < -0.39 is 5.82 Å². The van der Waals surface area contributed by atoms with Crippen LogP contribution >= 0.6 is 15.9 Å². The van der Waals surface area contributed by atoms with E-state index in [4.69, 9.17) is 5.26 Å². The van der Waals surface area contributed by atoms with Crippen LogP contribution in [0.3, 0.4) is 0 Å². The van der Waals surface area contributed by atoms with E-state index in [0.717, 1.165) is 5.52 Å². The van der Waals surface area contributed by atoms with Gasteiger partial charge in [0.2, 0.25) is 0 Å². The van der Waals surface area contributed by atoms with Crippen molar-refractivity contribution in [2.45, 2.75) is 0 Å². The fourth-order valence-corrected chi connectivity index (χ4v) is 2.73. The molecule has 0 saturated carbocycles. The van der Waals surface area contributed by atoms with Gasteiger partial charge < -0.3 is 4.98 Å². The Morgan fingerprint density at radius 2 is 2.00 bits per heavy atom. The molecular weight excluding hydrogens is 335 g/mol. The average molecular weight is 343 g/mol. The number of carbonyl (C=O) groups excluding carboxylic acids is 1. The maximum Gasteiger partial charge on any atom is 0.196 e. The molecule has 0 saturated heterocycles. The topological polar surface area (TPSA) is 56.6 Å². The normalized spacial score (nSPS) is 10.5. The van der Waals surface area contributed by atoms with Gasteiger partial charge in [0.05, 0.1) is 11.6 Å². The van der Waals surface area contributed by atoms with E-state index in [1.807, 2.05) is 6.07 Å². The van der Waals surface area contributed by atoms with Crippen LogP contribution in [0.15, 0.2) is 47.1 Å². The minimum absolute atomic E-state index is 0.233. The average Bonchev–Trinajstić information content (AvgIpc) is 2.89. The molecule has 1 aromatic heterocycles. The fraction of sp³-hybridized carbons (Fsp3) is 0. The summed E-state index contributed by atoms with van der Waals surface area (Å²) in [6, 6.07) is 11.1. The van der Waals surface area contributed by atoms with Gasteiger partial charge in [-0.25, -0.2) is 4.39 Å². The van der Waals surface area contributed by atoms with E-state index in [2.05, 4.69) is 20.9 Å². The van der Waals surface area contributed by atoms with E-state index in [9.17, 15) is 9.18 Å². The smallest absolute Gasteiger partial charge is 0.196 e. The van der Waals surface area contributed by atoms with Gasteiger partial charge in [-0.2, -0.15) is 5.26 Å². The van der Waals surface area contributed by atoms with Gasteiger partial charge in [-0.05, 0) is 52.3 Å². The molecule has 0 atom stereocenters. The zero-order valence-electron chi connectivity index (χ0n) is 10.7. The van der Waals surface area contributed by atoms with Crippen LogP contribution in [0.1, 0.15) is 21.5 Å². The van der Waals surface area contributed by atoms with Gasteiger partial charge in [0.15, 0.2) is 5.78 Å². The van der Waals surface area contributed by atoms with Crippen LogP contribution in [0, 0.1) is 17.1 Å². The predicted octanol–water partition coefficient (Wildman–Crippen LogP) is 4.17. The highest BCUT2D eigenvalue weighted by molar-refractivity contribution is 9.10. The number of nitrogens with one attached hydrogen (secondary N) is 1. The standard InChI is InChI=1S/C16H8BrFN2O/c17-14-6-10(18)2-3-11(14)16(21)13-8-20-15-4-1-9(7-19)5-12(13)15/h1-6,8,20H. The second kappa shape index (κ2) is 5.15. The minimum Gasteiger partial charge on any atom is -0.360 e. The lowest BCUT2D eigenvalue weighted by atomic mass is 10.0. The Hall–Kier alpha value is -2.45. The Balaban J connectivity index is 2.16. The van der Waals surface area contributed by atoms with Gasteiger partial charge in [-0.3, -0.25) is 4.79 Å². The van der Waals surface area contributed by atoms with Crippen LogP contribution in [-0.4, -0.2) is 10.8 Å². The summed E-state index contributed by atoms with van der Waals surface area (Å²) in [5.41, 5.74) is 2.08. The van der Waals surface area contributed by atoms with Crippen molar-refractivity contribution in [3.05, 3.63) is 69.6 Å². The first-order valence-electron chi connectivity index (χ1n) is 6.11. The Kier molecular flexibility index (Phi) is 3.32. The van der Waals surface area contributed by atoms with Crippen LogP contribution in [0.25, 0.3) is 10.9 Å². The Morgan fingerprint density at radius 1 is 1.19 bits per heavy atom. The van der Waals surface area contributed by atoms with E-state index in [1.54, 1.807) is 24.4 Å². The van der Waals surface area contributed by atoms with E-state index in [-0.39, 0.29) is 5.78 Å². The monoisotopic (exact) mass is 342 g/mol. The molecule has 3 rings (SSSR count). The highest BCUT2D eigenvalue weighted by atomic mass is 79.9. The quantitative estimate of drug-likeness (QED) is 0.710. The number of hydrogen-bond acceptors (Lipinski definition) is 2. The molecule has 0 spiro atoms. The molecule has 1 heterocycles. The van der Waals surface area contributed by atoms with Gasteiger partial charge in [0.1, 0.15) is 5.82 Å². The van der Waals surface area contributed by atoms with Gasteiger partial charge in [0, 0.05) is 32.7 Å². The summed E-state index contributed by atoms with van der Waals surface area (Å²) in [4.78, 5) is 15.6. The molecule has 2 aromatic carbocycles. The Bertz CT molecular complexity index is 908. The van der Waals surface area contributed by atoms with Crippen LogP contribution in [0.2, 0.25) is 0 Å². The lowest BCUT2D eigenvalue weighted by Crippen LogP contribution is -2.02. The number of H-pyrrole nitrogens is 1. The number of nitrogens with zero attached hydrogens (tertiary/aromatic N) is 1. The number of halogens is 2. The van der Waals surface area contributed by atoms with Crippen molar-refractivity contribution in [3.8, 4) is 6.07 Å². The van der Waals surface area contributed by atoms with Gasteiger partial charge in [-0.1, -0.05) is 0 Å². The number of ketones is 1. The minimum atomic E-state index is -0.413. The molecule has 0 fully saturated rings. The SMILES string of the molecule is N#Cc1ccc2[nH]cc(C(=O)c3ccc(F)cc3Br)c2c1. The molecule has 0 aliphatic heterocycles.